The van der Waals surface area contributed by atoms with Crippen molar-refractivity contribution < 1.29 is 28.6 Å². The third-order valence-electron chi connectivity index (χ3n) is 5.15. The summed E-state index contributed by atoms with van der Waals surface area (Å²) in [5.74, 6) is 0.101. The number of hydrogen-bond acceptors (Lipinski definition) is 6. The molecule has 10 nitrogen and oxygen atoms in total. The van der Waals surface area contributed by atoms with Crippen molar-refractivity contribution in [3.63, 3.8) is 0 Å². The summed E-state index contributed by atoms with van der Waals surface area (Å²) < 4.78 is 16.3. The topological polar surface area (TPSA) is 127 Å². The first-order valence-corrected chi connectivity index (χ1v) is 11.5. The van der Waals surface area contributed by atoms with Crippen LogP contribution in [0.4, 0.5) is 16.2 Å². The zero-order valence-corrected chi connectivity index (χ0v) is 20.2. The van der Waals surface area contributed by atoms with E-state index in [1.54, 1.807) is 42.5 Å². The summed E-state index contributed by atoms with van der Waals surface area (Å²) in [6, 6.07) is 11.2. The fraction of sp³-hybridized carbons (Fsp3) is 0.400. The van der Waals surface area contributed by atoms with Crippen LogP contribution in [-0.4, -0.2) is 56.9 Å². The number of hydrogen-bond donors (Lipinski definition) is 4. The summed E-state index contributed by atoms with van der Waals surface area (Å²) in [6.07, 6.45) is 2.04. The van der Waals surface area contributed by atoms with E-state index in [2.05, 4.69) is 21.3 Å². The van der Waals surface area contributed by atoms with E-state index in [0.717, 1.165) is 19.4 Å². The van der Waals surface area contributed by atoms with Crippen LogP contribution >= 0.6 is 0 Å². The highest BCUT2D eigenvalue weighted by Crippen LogP contribution is 2.28. The predicted molar refractivity (Wildman–Crippen MR) is 132 cm³/mol. The Morgan fingerprint density at radius 2 is 1.74 bits per heavy atom. The maximum Gasteiger partial charge on any atom is 0.319 e. The van der Waals surface area contributed by atoms with Crippen molar-refractivity contribution in [3.8, 4) is 11.5 Å². The second-order valence-electron chi connectivity index (χ2n) is 8.38. The number of methoxy groups -OCH3 is 1. The molecule has 0 spiro atoms. The van der Waals surface area contributed by atoms with Crippen LogP contribution in [-0.2, 0) is 9.53 Å². The number of anilines is 2. The number of amides is 4. The van der Waals surface area contributed by atoms with E-state index >= 15 is 0 Å². The minimum absolute atomic E-state index is 0.0118. The molecule has 0 radical (unpaired) electrons. The molecule has 4 amide bonds. The second-order valence-corrected chi connectivity index (χ2v) is 8.38. The summed E-state index contributed by atoms with van der Waals surface area (Å²) in [5.41, 5.74) is 1.51. The number of ether oxygens (including phenoxy) is 3. The molecule has 1 fully saturated rings. The van der Waals surface area contributed by atoms with Crippen LogP contribution in [0.1, 0.15) is 37.0 Å². The fourth-order valence-corrected chi connectivity index (χ4v) is 3.46. The van der Waals surface area contributed by atoms with Crippen LogP contribution in [0, 0.1) is 0 Å². The van der Waals surface area contributed by atoms with Gasteiger partial charge in [-0.1, -0.05) is 0 Å². The minimum Gasteiger partial charge on any atom is -0.493 e. The maximum absolute atomic E-state index is 12.7. The average molecular weight is 485 g/mol. The van der Waals surface area contributed by atoms with Crippen molar-refractivity contribution >= 4 is 29.2 Å². The van der Waals surface area contributed by atoms with Crippen LogP contribution in [0.3, 0.4) is 0 Å². The van der Waals surface area contributed by atoms with E-state index in [1.807, 2.05) is 13.8 Å². The Morgan fingerprint density at radius 1 is 1.03 bits per heavy atom. The van der Waals surface area contributed by atoms with Crippen molar-refractivity contribution in [2.45, 2.75) is 38.8 Å². The number of carbonyl (C=O) groups is 3. The molecule has 1 aliphatic rings. The van der Waals surface area contributed by atoms with Crippen molar-refractivity contribution in [1.82, 2.24) is 10.6 Å². The molecule has 188 valence electrons. The van der Waals surface area contributed by atoms with E-state index in [1.165, 1.54) is 7.11 Å². The molecule has 1 unspecified atom stereocenters. The highest BCUT2D eigenvalue weighted by atomic mass is 16.5. The lowest BCUT2D eigenvalue weighted by atomic mass is 10.1. The van der Waals surface area contributed by atoms with Gasteiger partial charge in [0.1, 0.15) is 0 Å². The van der Waals surface area contributed by atoms with Gasteiger partial charge in [-0.2, -0.15) is 0 Å². The molecule has 4 N–H and O–H groups in total. The molecule has 2 aromatic rings. The van der Waals surface area contributed by atoms with Crippen molar-refractivity contribution in [2.75, 3.05) is 37.5 Å². The lowest BCUT2D eigenvalue weighted by molar-refractivity contribution is -0.123. The largest absolute Gasteiger partial charge is 0.493 e. The van der Waals surface area contributed by atoms with E-state index in [-0.39, 0.29) is 36.6 Å². The molecule has 2 aromatic carbocycles. The van der Waals surface area contributed by atoms with Crippen LogP contribution in [0.5, 0.6) is 11.5 Å². The van der Waals surface area contributed by atoms with Crippen LogP contribution in [0.15, 0.2) is 42.5 Å². The quantitative estimate of drug-likeness (QED) is 0.410. The van der Waals surface area contributed by atoms with E-state index in [9.17, 15) is 14.4 Å². The van der Waals surface area contributed by atoms with E-state index in [4.69, 9.17) is 14.2 Å². The number of carbonyl (C=O) groups excluding carboxylic acids is 3. The predicted octanol–water partition coefficient (Wildman–Crippen LogP) is 3.15. The van der Waals surface area contributed by atoms with Crippen molar-refractivity contribution in [1.29, 1.82) is 0 Å². The number of benzene rings is 2. The highest BCUT2D eigenvalue weighted by Gasteiger charge is 2.16. The molecular formula is C25H32N4O6. The van der Waals surface area contributed by atoms with Crippen LogP contribution in [0.25, 0.3) is 0 Å². The molecule has 35 heavy (non-hydrogen) atoms. The SMILES string of the molecule is COc1cc(C(=O)Nc2ccc(NC(=O)NCC3CCCO3)cc2)ccc1OCC(=O)NC(C)C. The molecule has 0 aliphatic carbocycles. The zero-order chi connectivity index (χ0) is 25.2. The standard InChI is InChI=1S/C25H32N4O6/c1-16(2)27-23(30)15-35-21-11-6-17(13-22(21)33-3)24(31)28-18-7-9-19(10-8-18)29-25(32)26-14-20-5-4-12-34-20/h6-11,13,16,20H,4-5,12,14-15H2,1-3H3,(H,27,30)(H,28,31)(H2,26,29,32). The van der Waals surface area contributed by atoms with Crippen LogP contribution < -0.4 is 30.7 Å². The average Bonchev–Trinajstić information content (AvgIpc) is 3.36. The van der Waals surface area contributed by atoms with Crippen molar-refractivity contribution in [2.24, 2.45) is 0 Å². The molecular weight excluding hydrogens is 452 g/mol. The third-order valence-corrected chi connectivity index (χ3v) is 5.15. The lowest BCUT2D eigenvalue weighted by Crippen LogP contribution is -2.35. The van der Waals surface area contributed by atoms with Gasteiger partial charge in [0.25, 0.3) is 11.8 Å². The van der Waals surface area contributed by atoms with Gasteiger partial charge in [-0.3, -0.25) is 9.59 Å². The summed E-state index contributed by atoms with van der Waals surface area (Å²) in [7, 11) is 1.46. The lowest BCUT2D eigenvalue weighted by Gasteiger charge is -2.14. The van der Waals surface area contributed by atoms with Gasteiger partial charge >= 0.3 is 6.03 Å². The number of nitrogens with one attached hydrogen (secondary N) is 4. The Bertz CT molecular complexity index is 1020. The molecule has 1 heterocycles. The molecule has 1 saturated heterocycles. The van der Waals surface area contributed by atoms with Crippen molar-refractivity contribution in [3.05, 3.63) is 48.0 Å². The van der Waals surface area contributed by atoms with Gasteiger partial charge in [0.2, 0.25) is 0 Å². The van der Waals surface area contributed by atoms with Gasteiger partial charge in [0, 0.05) is 36.1 Å². The van der Waals surface area contributed by atoms with Gasteiger partial charge in [-0.25, -0.2) is 4.79 Å². The Kier molecular flexibility index (Phi) is 9.31. The Labute approximate surface area is 204 Å². The Hall–Kier alpha value is -3.79. The zero-order valence-electron chi connectivity index (χ0n) is 20.2. The smallest absolute Gasteiger partial charge is 0.319 e. The van der Waals surface area contributed by atoms with Gasteiger partial charge in [-0.05, 0) is 69.2 Å². The second kappa shape index (κ2) is 12.6. The number of urea groups is 1. The molecule has 10 heteroatoms. The number of rotatable bonds is 10. The van der Waals surface area contributed by atoms with E-state index < -0.39 is 0 Å². The van der Waals surface area contributed by atoms with Gasteiger partial charge in [0.15, 0.2) is 18.1 Å². The summed E-state index contributed by atoms with van der Waals surface area (Å²) in [4.78, 5) is 36.5. The monoisotopic (exact) mass is 484 g/mol. The van der Waals surface area contributed by atoms with Gasteiger partial charge in [0.05, 0.1) is 13.2 Å². The first-order chi connectivity index (χ1) is 16.8. The first kappa shape index (κ1) is 25.8. The summed E-state index contributed by atoms with van der Waals surface area (Å²) >= 11 is 0. The Balaban J connectivity index is 1.51. The molecule has 0 saturated carbocycles. The molecule has 1 aliphatic heterocycles. The molecule has 3 rings (SSSR count). The molecule has 0 bridgehead atoms. The maximum atomic E-state index is 12.7. The van der Waals surface area contributed by atoms with Gasteiger partial charge in [-0.15, -0.1) is 0 Å². The molecule has 1 atom stereocenters. The molecule has 0 aromatic heterocycles. The minimum atomic E-state index is -0.345. The highest BCUT2D eigenvalue weighted by molar-refractivity contribution is 6.04. The normalized spacial score (nSPS) is 14.8. The van der Waals surface area contributed by atoms with Crippen LogP contribution in [0.2, 0.25) is 0 Å². The van der Waals surface area contributed by atoms with Gasteiger partial charge < -0.3 is 35.5 Å². The fourth-order valence-electron chi connectivity index (χ4n) is 3.46. The summed E-state index contributed by atoms with van der Waals surface area (Å²) in [6.45, 7) is 4.77. The summed E-state index contributed by atoms with van der Waals surface area (Å²) in [5, 5.41) is 11.1. The first-order valence-electron chi connectivity index (χ1n) is 11.5. The third kappa shape index (κ3) is 8.18. The Morgan fingerprint density at radius 3 is 2.37 bits per heavy atom. The van der Waals surface area contributed by atoms with E-state index in [0.29, 0.717) is 35.0 Å².